The molecule has 0 aliphatic carbocycles. The van der Waals surface area contributed by atoms with E-state index in [1.54, 1.807) is 29.9 Å². The van der Waals surface area contributed by atoms with E-state index in [1.165, 1.54) is 25.3 Å². The van der Waals surface area contributed by atoms with Crippen LogP contribution in [0.5, 0.6) is 0 Å². The number of amides is 1. The quantitative estimate of drug-likeness (QED) is 0.433. The van der Waals surface area contributed by atoms with Gasteiger partial charge in [0.15, 0.2) is 0 Å². The van der Waals surface area contributed by atoms with Gasteiger partial charge in [-0.15, -0.1) is 0 Å². The van der Waals surface area contributed by atoms with Crippen LogP contribution in [0.3, 0.4) is 0 Å². The molecule has 1 amide bonds. The molecule has 0 bridgehead atoms. The van der Waals surface area contributed by atoms with E-state index in [0.717, 1.165) is 5.52 Å². The zero-order valence-corrected chi connectivity index (χ0v) is 14.8. The number of nitrogens with one attached hydrogen (secondary N) is 1. The van der Waals surface area contributed by atoms with Crippen molar-refractivity contribution in [2.75, 3.05) is 12.4 Å². The number of ketones is 1. The van der Waals surface area contributed by atoms with Crippen molar-refractivity contribution in [2.24, 2.45) is 7.05 Å². The van der Waals surface area contributed by atoms with Crippen LogP contribution in [0.4, 0.5) is 5.69 Å². The number of para-hydroxylation sites is 1. The summed E-state index contributed by atoms with van der Waals surface area (Å²) in [6.45, 7) is 0. The Bertz CT molecular complexity index is 1040. The number of benzene rings is 2. The van der Waals surface area contributed by atoms with E-state index >= 15 is 0 Å². The van der Waals surface area contributed by atoms with Crippen LogP contribution in [-0.2, 0) is 16.6 Å². The predicted octanol–water partition coefficient (Wildman–Crippen LogP) is 3.44. The number of aryl methyl sites for hydroxylation is 1. The Labute approximate surface area is 154 Å². The first kappa shape index (κ1) is 17.7. The van der Waals surface area contributed by atoms with Crippen LogP contribution in [0.15, 0.2) is 48.7 Å². The normalized spacial score (nSPS) is 10.6. The number of rotatable bonds is 4. The van der Waals surface area contributed by atoms with E-state index in [-0.39, 0.29) is 16.3 Å². The molecule has 26 heavy (non-hydrogen) atoms. The van der Waals surface area contributed by atoms with Crippen LogP contribution in [0.25, 0.3) is 10.9 Å². The second-order valence-corrected chi connectivity index (χ2v) is 6.05. The van der Waals surface area contributed by atoms with Gasteiger partial charge in [0.1, 0.15) is 0 Å². The van der Waals surface area contributed by atoms with Crippen molar-refractivity contribution < 1.29 is 19.1 Å². The standard InChI is InChI=1S/C19H15ClN2O4/c1-22-10-13(12-5-3-4-6-16(12)22)17(23)18(24)21-15-9-11(19(25)26-2)7-8-14(15)20/h3-10H,1-2H3,(H,21,24). The third kappa shape index (κ3) is 3.19. The van der Waals surface area contributed by atoms with Gasteiger partial charge in [0, 0.05) is 24.1 Å². The maximum atomic E-state index is 12.6. The Morgan fingerprint density at radius 2 is 1.85 bits per heavy atom. The monoisotopic (exact) mass is 370 g/mol. The van der Waals surface area contributed by atoms with Crippen LogP contribution in [0.2, 0.25) is 5.02 Å². The van der Waals surface area contributed by atoms with Crippen LogP contribution < -0.4 is 5.32 Å². The van der Waals surface area contributed by atoms with Gasteiger partial charge in [0.05, 0.1) is 28.9 Å². The Morgan fingerprint density at radius 3 is 2.58 bits per heavy atom. The largest absolute Gasteiger partial charge is 0.465 e. The number of carbonyl (C=O) groups is 3. The van der Waals surface area contributed by atoms with Gasteiger partial charge >= 0.3 is 5.97 Å². The fourth-order valence-corrected chi connectivity index (χ4v) is 2.85. The molecule has 1 heterocycles. The van der Waals surface area contributed by atoms with E-state index in [0.29, 0.717) is 10.9 Å². The third-order valence-electron chi connectivity index (χ3n) is 3.98. The molecule has 132 valence electrons. The second-order valence-electron chi connectivity index (χ2n) is 5.64. The van der Waals surface area contributed by atoms with Crippen molar-refractivity contribution in [2.45, 2.75) is 0 Å². The second kappa shape index (κ2) is 7.01. The number of aromatic nitrogens is 1. The minimum atomic E-state index is -0.842. The molecule has 2 aromatic carbocycles. The topological polar surface area (TPSA) is 77.4 Å². The van der Waals surface area contributed by atoms with Crippen LogP contribution in [0.1, 0.15) is 20.7 Å². The van der Waals surface area contributed by atoms with E-state index in [9.17, 15) is 14.4 Å². The molecule has 1 aromatic heterocycles. The number of esters is 1. The number of nitrogens with zero attached hydrogens (tertiary/aromatic N) is 1. The molecule has 0 saturated heterocycles. The first-order valence-corrected chi connectivity index (χ1v) is 8.07. The summed E-state index contributed by atoms with van der Waals surface area (Å²) < 4.78 is 6.42. The number of ether oxygens (including phenoxy) is 1. The van der Waals surface area contributed by atoms with Crippen LogP contribution in [0, 0.1) is 0 Å². The number of Topliss-reactive ketones (excluding diaryl/α,β-unsaturated/α-hetero) is 1. The van der Waals surface area contributed by atoms with Gasteiger partial charge in [-0.3, -0.25) is 9.59 Å². The molecule has 0 spiro atoms. The molecule has 0 radical (unpaired) electrons. The SMILES string of the molecule is COC(=O)c1ccc(Cl)c(NC(=O)C(=O)c2cn(C)c3ccccc23)c1. The number of anilines is 1. The first-order chi connectivity index (χ1) is 12.4. The first-order valence-electron chi connectivity index (χ1n) is 7.70. The maximum Gasteiger partial charge on any atom is 0.337 e. The number of hydrogen-bond donors (Lipinski definition) is 1. The zero-order chi connectivity index (χ0) is 18.8. The summed E-state index contributed by atoms with van der Waals surface area (Å²) >= 11 is 6.06. The average molecular weight is 371 g/mol. The molecule has 6 nitrogen and oxygen atoms in total. The van der Waals surface area contributed by atoms with Crippen molar-refractivity contribution in [1.82, 2.24) is 4.57 Å². The number of hydrogen-bond acceptors (Lipinski definition) is 4. The highest BCUT2D eigenvalue weighted by atomic mass is 35.5. The van der Waals surface area contributed by atoms with Crippen molar-refractivity contribution in [1.29, 1.82) is 0 Å². The lowest BCUT2D eigenvalue weighted by molar-refractivity contribution is -0.112. The molecule has 0 saturated carbocycles. The Kier molecular flexibility index (Phi) is 4.77. The van der Waals surface area contributed by atoms with Crippen LogP contribution >= 0.6 is 11.6 Å². The maximum absolute atomic E-state index is 12.6. The summed E-state index contributed by atoms with van der Waals surface area (Å²) in [7, 11) is 3.05. The van der Waals surface area contributed by atoms with Crippen molar-refractivity contribution >= 4 is 45.9 Å². The van der Waals surface area contributed by atoms with Gasteiger partial charge in [-0.1, -0.05) is 29.8 Å². The number of halogens is 1. The summed E-state index contributed by atoms with van der Waals surface area (Å²) in [6, 6.07) is 11.6. The summed E-state index contributed by atoms with van der Waals surface area (Å²) in [6.07, 6.45) is 1.61. The fraction of sp³-hybridized carbons (Fsp3) is 0.105. The lowest BCUT2D eigenvalue weighted by Gasteiger charge is -2.08. The average Bonchev–Trinajstić information content (AvgIpc) is 2.99. The molecular weight excluding hydrogens is 356 g/mol. The molecule has 0 atom stereocenters. The Morgan fingerprint density at radius 1 is 1.12 bits per heavy atom. The van der Waals surface area contributed by atoms with Crippen LogP contribution in [-0.4, -0.2) is 29.3 Å². The van der Waals surface area contributed by atoms with Crippen molar-refractivity contribution in [3.63, 3.8) is 0 Å². The van der Waals surface area contributed by atoms with E-state index in [1.807, 2.05) is 12.1 Å². The molecular formula is C19H15ClN2O4. The Balaban J connectivity index is 1.90. The van der Waals surface area contributed by atoms with Crippen molar-refractivity contribution in [3.8, 4) is 0 Å². The number of fused-ring (bicyclic) bond motifs is 1. The predicted molar refractivity (Wildman–Crippen MR) is 98.7 cm³/mol. The molecule has 3 aromatic rings. The molecule has 0 aliphatic heterocycles. The summed E-state index contributed by atoms with van der Waals surface area (Å²) in [5.74, 6) is -2.11. The molecule has 0 unspecified atom stereocenters. The van der Waals surface area contributed by atoms with Gasteiger partial charge in [0.2, 0.25) is 0 Å². The lowest BCUT2D eigenvalue weighted by Crippen LogP contribution is -2.23. The van der Waals surface area contributed by atoms with E-state index in [4.69, 9.17) is 11.6 Å². The fourth-order valence-electron chi connectivity index (χ4n) is 2.69. The number of carbonyl (C=O) groups excluding carboxylic acids is 3. The van der Waals surface area contributed by atoms with Gasteiger partial charge in [-0.25, -0.2) is 4.79 Å². The minimum Gasteiger partial charge on any atom is -0.465 e. The van der Waals surface area contributed by atoms with Gasteiger partial charge in [-0.2, -0.15) is 0 Å². The molecule has 7 heteroatoms. The molecule has 0 aliphatic rings. The summed E-state index contributed by atoms with van der Waals surface area (Å²) in [4.78, 5) is 36.6. The van der Waals surface area contributed by atoms with Gasteiger partial charge < -0.3 is 14.6 Å². The molecule has 1 N–H and O–H groups in total. The van der Waals surface area contributed by atoms with Gasteiger partial charge in [-0.05, 0) is 24.3 Å². The lowest BCUT2D eigenvalue weighted by atomic mass is 10.1. The highest BCUT2D eigenvalue weighted by molar-refractivity contribution is 6.49. The minimum absolute atomic E-state index is 0.160. The Hall–Kier alpha value is -3.12. The third-order valence-corrected chi connectivity index (χ3v) is 4.31. The van der Waals surface area contributed by atoms with E-state index in [2.05, 4.69) is 10.1 Å². The molecule has 3 rings (SSSR count). The van der Waals surface area contributed by atoms with Gasteiger partial charge in [0.25, 0.3) is 11.7 Å². The molecule has 0 fully saturated rings. The highest BCUT2D eigenvalue weighted by Gasteiger charge is 2.22. The number of methoxy groups -OCH3 is 1. The summed E-state index contributed by atoms with van der Waals surface area (Å²) in [5, 5.41) is 3.35. The zero-order valence-electron chi connectivity index (χ0n) is 14.1. The highest BCUT2D eigenvalue weighted by Crippen LogP contribution is 2.25. The van der Waals surface area contributed by atoms with E-state index < -0.39 is 17.7 Å². The smallest absolute Gasteiger partial charge is 0.337 e. The summed E-state index contributed by atoms with van der Waals surface area (Å²) in [5.41, 5.74) is 1.51. The van der Waals surface area contributed by atoms with Crippen molar-refractivity contribution in [3.05, 3.63) is 64.8 Å².